The van der Waals surface area contributed by atoms with Crippen LogP contribution in [0, 0.1) is 0 Å². The zero-order valence-corrected chi connectivity index (χ0v) is 13.4. The summed E-state index contributed by atoms with van der Waals surface area (Å²) in [5, 5.41) is 3.43. The zero-order chi connectivity index (χ0) is 15.2. The topological polar surface area (TPSA) is 39.7 Å². The van der Waals surface area contributed by atoms with Gasteiger partial charge in [-0.3, -0.25) is 0 Å². The van der Waals surface area contributed by atoms with Gasteiger partial charge in [0.25, 0.3) is 0 Å². The lowest BCUT2D eigenvalue weighted by Crippen LogP contribution is -2.15. The molecule has 1 N–H and O–H groups in total. The van der Waals surface area contributed by atoms with Crippen LogP contribution < -0.4 is 5.32 Å². The smallest absolute Gasteiger partial charge is 0.0720 e. The highest BCUT2D eigenvalue weighted by Gasteiger charge is 2.01. The van der Waals surface area contributed by atoms with Gasteiger partial charge in [0.1, 0.15) is 0 Å². The fraction of sp³-hybridized carbons (Fsp3) is 0.647. The maximum absolute atomic E-state index is 5.73. The molecule has 0 saturated heterocycles. The molecule has 0 heterocycles. The Hall–Kier alpha value is -0.940. The van der Waals surface area contributed by atoms with Gasteiger partial charge in [-0.25, -0.2) is 0 Å². The van der Waals surface area contributed by atoms with Crippen LogP contribution in [0.3, 0.4) is 0 Å². The van der Waals surface area contributed by atoms with E-state index >= 15 is 0 Å². The Bertz CT molecular complexity index is 358. The minimum Gasteiger partial charge on any atom is -0.382 e. The number of benzene rings is 1. The summed E-state index contributed by atoms with van der Waals surface area (Å²) in [5.74, 6) is 0. The predicted molar refractivity (Wildman–Crippen MR) is 85.4 cm³/mol. The van der Waals surface area contributed by atoms with Gasteiger partial charge in [0.05, 0.1) is 19.8 Å². The third kappa shape index (κ3) is 8.83. The molecule has 4 heteroatoms. The van der Waals surface area contributed by atoms with Crippen LogP contribution in [0.5, 0.6) is 0 Å². The van der Waals surface area contributed by atoms with Gasteiger partial charge < -0.3 is 19.5 Å². The highest BCUT2D eigenvalue weighted by molar-refractivity contribution is 5.26. The molecule has 0 bridgehead atoms. The molecule has 0 aliphatic rings. The van der Waals surface area contributed by atoms with Crippen LogP contribution in [0.25, 0.3) is 0 Å². The van der Waals surface area contributed by atoms with Crippen LogP contribution in [0.2, 0.25) is 0 Å². The van der Waals surface area contributed by atoms with Crippen molar-refractivity contribution in [3.8, 4) is 0 Å². The summed E-state index contributed by atoms with van der Waals surface area (Å²) in [4.78, 5) is 0. The normalized spacial score (nSPS) is 11.0. The van der Waals surface area contributed by atoms with E-state index in [1.54, 1.807) is 7.11 Å². The molecule has 21 heavy (non-hydrogen) atoms. The van der Waals surface area contributed by atoms with Crippen molar-refractivity contribution < 1.29 is 14.2 Å². The molecule has 0 fully saturated rings. The molecule has 4 nitrogen and oxygen atoms in total. The first-order valence-corrected chi connectivity index (χ1v) is 7.80. The predicted octanol–water partition coefficient (Wildman–Crippen LogP) is 2.76. The summed E-state index contributed by atoms with van der Waals surface area (Å²) in [6.07, 6.45) is 2.07. The molecule has 0 saturated carbocycles. The number of hydrogen-bond donors (Lipinski definition) is 1. The highest BCUT2D eigenvalue weighted by atomic mass is 16.5. The van der Waals surface area contributed by atoms with E-state index in [0.29, 0.717) is 19.8 Å². The van der Waals surface area contributed by atoms with Gasteiger partial charge >= 0.3 is 0 Å². The minimum absolute atomic E-state index is 0.652. The Morgan fingerprint density at radius 3 is 2.48 bits per heavy atom. The molecule has 0 spiro atoms. The quantitative estimate of drug-likeness (QED) is 0.568. The number of rotatable bonds is 13. The second-order valence-corrected chi connectivity index (χ2v) is 4.96. The van der Waals surface area contributed by atoms with E-state index in [0.717, 1.165) is 39.1 Å². The van der Waals surface area contributed by atoms with E-state index in [-0.39, 0.29) is 0 Å². The molecule has 1 rings (SSSR count). The van der Waals surface area contributed by atoms with Gasteiger partial charge in [-0.15, -0.1) is 0 Å². The van der Waals surface area contributed by atoms with E-state index < -0.39 is 0 Å². The monoisotopic (exact) mass is 295 g/mol. The van der Waals surface area contributed by atoms with E-state index in [1.165, 1.54) is 11.1 Å². The first-order valence-electron chi connectivity index (χ1n) is 7.80. The summed E-state index contributed by atoms with van der Waals surface area (Å²) in [7, 11) is 1.68. The molecule has 1 aromatic rings. The highest BCUT2D eigenvalue weighted by Crippen LogP contribution is 2.10. The molecule has 0 aromatic heterocycles. The van der Waals surface area contributed by atoms with Crippen molar-refractivity contribution in [2.75, 3.05) is 40.1 Å². The zero-order valence-electron chi connectivity index (χ0n) is 13.4. The van der Waals surface area contributed by atoms with Crippen LogP contribution in [0.15, 0.2) is 24.3 Å². The van der Waals surface area contributed by atoms with E-state index in [1.807, 2.05) is 0 Å². The summed E-state index contributed by atoms with van der Waals surface area (Å²) in [5.41, 5.74) is 2.59. The van der Waals surface area contributed by atoms with Gasteiger partial charge in [0, 0.05) is 26.9 Å². The molecule has 0 unspecified atom stereocenters. The average molecular weight is 295 g/mol. The molecule has 0 radical (unpaired) electrons. The number of ether oxygens (including phenoxy) is 3. The summed E-state index contributed by atoms with van der Waals surface area (Å²) >= 11 is 0. The van der Waals surface area contributed by atoms with Crippen LogP contribution in [-0.2, 0) is 27.4 Å². The molecule has 0 aliphatic heterocycles. The Balaban J connectivity index is 2.16. The lowest BCUT2D eigenvalue weighted by atomic mass is 10.1. The molecule has 0 amide bonds. The number of methoxy groups -OCH3 is 1. The van der Waals surface area contributed by atoms with Crippen molar-refractivity contribution in [3.63, 3.8) is 0 Å². The van der Waals surface area contributed by atoms with Crippen molar-refractivity contribution >= 4 is 0 Å². The van der Waals surface area contributed by atoms with Crippen molar-refractivity contribution in [1.82, 2.24) is 5.32 Å². The summed E-state index contributed by atoms with van der Waals surface area (Å²) < 4.78 is 16.1. The van der Waals surface area contributed by atoms with Gasteiger partial charge in [-0.1, -0.05) is 31.2 Å². The second kappa shape index (κ2) is 12.8. The number of nitrogens with one attached hydrogen (secondary N) is 1. The Labute approximate surface area is 128 Å². The van der Waals surface area contributed by atoms with E-state index in [2.05, 4.69) is 36.5 Å². The Kier molecular flexibility index (Phi) is 11.0. The first-order chi connectivity index (χ1) is 10.4. The van der Waals surface area contributed by atoms with Crippen LogP contribution in [-0.4, -0.2) is 40.1 Å². The first kappa shape index (κ1) is 18.1. The minimum atomic E-state index is 0.652. The maximum atomic E-state index is 5.73. The van der Waals surface area contributed by atoms with Crippen LogP contribution >= 0.6 is 0 Å². The Morgan fingerprint density at radius 1 is 0.952 bits per heavy atom. The van der Waals surface area contributed by atoms with Crippen molar-refractivity contribution in [3.05, 3.63) is 35.4 Å². The SMILES string of the molecule is CCCNCc1ccccc1COCCCOCCOC. The number of hydrogen-bond acceptors (Lipinski definition) is 4. The summed E-state index contributed by atoms with van der Waals surface area (Å²) in [6.45, 7) is 7.56. The molecule has 120 valence electrons. The standard InChI is InChI=1S/C17H29NO3/c1-3-9-18-14-16-7-4-5-8-17(16)15-21-11-6-10-20-13-12-19-2/h4-5,7-8,18H,3,6,9-15H2,1-2H3. The molecular formula is C17H29NO3. The lowest BCUT2D eigenvalue weighted by molar-refractivity contribution is 0.0482. The third-order valence-corrected chi connectivity index (χ3v) is 3.13. The van der Waals surface area contributed by atoms with Crippen LogP contribution in [0.4, 0.5) is 0 Å². The largest absolute Gasteiger partial charge is 0.382 e. The van der Waals surface area contributed by atoms with Crippen molar-refractivity contribution in [2.45, 2.75) is 32.9 Å². The third-order valence-electron chi connectivity index (χ3n) is 3.13. The van der Waals surface area contributed by atoms with Gasteiger partial charge in [0.2, 0.25) is 0 Å². The van der Waals surface area contributed by atoms with Gasteiger partial charge in [-0.05, 0) is 30.5 Å². The van der Waals surface area contributed by atoms with Gasteiger partial charge in [0.15, 0.2) is 0 Å². The fourth-order valence-electron chi connectivity index (χ4n) is 1.96. The van der Waals surface area contributed by atoms with E-state index in [9.17, 15) is 0 Å². The molecule has 1 aromatic carbocycles. The van der Waals surface area contributed by atoms with Crippen molar-refractivity contribution in [1.29, 1.82) is 0 Å². The fourth-order valence-corrected chi connectivity index (χ4v) is 1.96. The summed E-state index contributed by atoms with van der Waals surface area (Å²) in [6, 6.07) is 8.44. The second-order valence-electron chi connectivity index (χ2n) is 4.96. The van der Waals surface area contributed by atoms with Crippen LogP contribution in [0.1, 0.15) is 30.9 Å². The Morgan fingerprint density at radius 2 is 1.71 bits per heavy atom. The lowest BCUT2D eigenvalue weighted by Gasteiger charge is -2.11. The molecule has 0 aliphatic carbocycles. The van der Waals surface area contributed by atoms with E-state index in [4.69, 9.17) is 14.2 Å². The van der Waals surface area contributed by atoms with Crippen molar-refractivity contribution in [2.24, 2.45) is 0 Å². The average Bonchev–Trinajstić information content (AvgIpc) is 2.51. The molecular weight excluding hydrogens is 266 g/mol. The maximum Gasteiger partial charge on any atom is 0.0720 e. The molecule has 0 atom stereocenters. The van der Waals surface area contributed by atoms with Gasteiger partial charge in [-0.2, -0.15) is 0 Å².